The van der Waals surface area contributed by atoms with Crippen LogP contribution in [0.15, 0.2) is 24.3 Å². The van der Waals surface area contributed by atoms with Crippen molar-refractivity contribution in [1.29, 1.82) is 0 Å². The third-order valence-electron chi connectivity index (χ3n) is 2.87. The topological polar surface area (TPSA) is 89.3 Å². The van der Waals surface area contributed by atoms with Gasteiger partial charge in [0.15, 0.2) is 0 Å². The van der Waals surface area contributed by atoms with Crippen molar-refractivity contribution >= 4 is 15.7 Å². The van der Waals surface area contributed by atoms with Gasteiger partial charge in [-0.05, 0) is 19.4 Å². The van der Waals surface area contributed by atoms with Crippen LogP contribution in [0.2, 0.25) is 0 Å². The minimum Gasteiger partial charge on any atom is -0.348 e. The fourth-order valence-electron chi connectivity index (χ4n) is 1.70. The zero-order chi connectivity index (χ0) is 15.3. The summed E-state index contributed by atoms with van der Waals surface area (Å²) >= 11 is 0. The Bertz CT molecular complexity index is 575. The van der Waals surface area contributed by atoms with E-state index < -0.39 is 33.6 Å². The van der Waals surface area contributed by atoms with E-state index in [1.54, 1.807) is 25.1 Å². The number of rotatable bonds is 6. The summed E-state index contributed by atoms with van der Waals surface area (Å²) in [6, 6.07) is 4.65. The smallest absolute Gasteiger partial charge is 0.237 e. The van der Waals surface area contributed by atoms with Gasteiger partial charge >= 0.3 is 0 Å². The number of hydrogen-bond donors (Lipinski definition) is 2. The van der Waals surface area contributed by atoms with Crippen molar-refractivity contribution in [3.05, 3.63) is 35.6 Å². The molecule has 0 radical (unpaired) electrons. The van der Waals surface area contributed by atoms with Gasteiger partial charge in [0.05, 0.1) is 17.8 Å². The Balaban J connectivity index is 2.60. The van der Waals surface area contributed by atoms with Gasteiger partial charge < -0.3 is 11.1 Å². The van der Waals surface area contributed by atoms with Gasteiger partial charge in [0, 0.05) is 11.8 Å². The number of hydrogen-bond acceptors (Lipinski definition) is 4. The predicted octanol–water partition coefficient (Wildman–Crippen LogP) is 0.765. The van der Waals surface area contributed by atoms with Crippen LogP contribution in [0, 0.1) is 5.82 Å². The molecule has 0 aliphatic rings. The van der Waals surface area contributed by atoms with Crippen LogP contribution in [-0.2, 0) is 14.6 Å². The van der Waals surface area contributed by atoms with Crippen molar-refractivity contribution in [3.63, 3.8) is 0 Å². The second-order valence-corrected chi connectivity index (χ2v) is 7.04. The number of benzene rings is 1. The van der Waals surface area contributed by atoms with Crippen LogP contribution in [0.4, 0.5) is 4.39 Å². The van der Waals surface area contributed by atoms with E-state index in [0.29, 0.717) is 5.56 Å². The van der Waals surface area contributed by atoms with Crippen molar-refractivity contribution in [2.75, 3.05) is 12.0 Å². The number of halogens is 1. The van der Waals surface area contributed by atoms with Gasteiger partial charge in [0.1, 0.15) is 15.7 Å². The SMILES string of the molecule is CC(NC(=O)C(N)CCS(C)(=O)=O)c1ccccc1F. The summed E-state index contributed by atoms with van der Waals surface area (Å²) in [6.45, 7) is 1.64. The molecule has 0 heterocycles. The highest BCUT2D eigenvalue weighted by Crippen LogP contribution is 2.16. The van der Waals surface area contributed by atoms with Gasteiger partial charge in [-0.1, -0.05) is 18.2 Å². The first-order valence-corrected chi connectivity index (χ1v) is 8.25. The Hall–Kier alpha value is -1.47. The van der Waals surface area contributed by atoms with Gasteiger partial charge in [-0.15, -0.1) is 0 Å². The van der Waals surface area contributed by atoms with E-state index in [0.717, 1.165) is 6.26 Å². The molecule has 5 nitrogen and oxygen atoms in total. The second kappa shape index (κ2) is 6.81. The van der Waals surface area contributed by atoms with E-state index in [-0.39, 0.29) is 12.2 Å². The second-order valence-electron chi connectivity index (χ2n) is 4.78. The summed E-state index contributed by atoms with van der Waals surface area (Å²) in [5, 5.41) is 2.57. The molecule has 3 N–H and O–H groups in total. The lowest BCUT2D eigenvalue weighted by atomic mass is 10.1. The molecule has 1 amide bonds. The van der Waals surface area contributed by atoms with Gasteiger partial charge in [0.2, 0.25) is 5.91 Å². The molecule has 112 valence electrons. The van der Waals surface area contributed by atoms with Crippen molar-refractivity contribution in [3.8, 4) is 0 Å². The molecule has 0 spiro atoms. The largest absolute Gasteiger partial charge is 0.348 e. The maximum Gasteiger partial charge on any atom is 0.237 e. The molecular weight excluding hydrogens is 283 g/mol. The van der Waals surface area contributed by atoms with Crippen molar-refractivity contribution in [1.82, 2.24) is 5.32 Å². The van der Waals surface area contributed by atoms with Gasteiger partial charge in [0.25, 0.3) is 0 Å². The van der Waals surface area contributed by atoms with Gasteiger partial charge in [-0.25, -0.2) is 12.8 Å². The molecule has 0 saturated carbocycles. The molecule has 0 fully saturated rings. The maximum atomic E-state index is 13.5. The number of nitrogens with one attached hydrogen (secondary N) is 1. The molecular formula is C13H19FN2O3S. The number of sulfone groups is 1. The molecule has 1 aromatic carbocycles. The first-order valence-electron chi connectivity index (χ1n) is 6.19. The first-order chi connectivity index (χ1) is 9.20. The first kappa shape index (κ1) is 16.6. The fraction of sp³-hybridized carbons (Fsp3) is 0.462. The average molecular weight is 302 g/mol. The highest BCUT2D eigenvalue weighted by molar-refractivity contribution is 7.90. The normalized spacial score (nSPS) is 14.6. The van der Waals surface area contributed by atoms with Gasteiger partial charge in [-0.2, -0.15) is 0 Å². The minimum atomic E-state index is -3.16. The zero-order valence-corrected chi connectivity index (χ0v) is 12.3. The molecule has 1 rings (SSSR count). The van der Waals surface area contributed by atoms with E-state index >= 15 is 0 Å². The van der Waals surface area contributed by atoms with Crippen molar-refractivity contribution < 1.29 is 17.6 Å². The minimum absolute atomic E-state index is 0.0364. The van der Waals surface area contributed by atoms with Crippen LogP contribution in [0.25, 0.3) is 0 Å². The van der Waals surface area contributed by atoms with Crippen LogP contribution in [0.3, 0.4) is 0 Å². The molecule has 0 bridgehead atoms. The number of nitrogens with two attached hydrogens (primary N) is 1. The van der Waals surface area contributed by atoms with Gasteiger partial charge in [-0.3, -0.25) is 4.79 Å². The van der Waals surface area contributed by atoms with E-state index in [4.69, 9.17) is 5.73 Å². The Morgan fingerprint density at radius 1 is 1.40 bits per heavy atom. The third-order valence-corrected chi connectivity index (χ3v) is 3.84. The molecule has 0 aromatic heterocycles. The summed E-state index contributed by atoms with van der Waals surface area (Å²) in [5.41, 5.74) is 5.98. The Morgan fingerprint density at radius 3 is 2.55 bits per heavy atom. The fourth-order valence-corrected chi connectivity index (χ4v) is 2.38. The monoisotopic (exact) mass is 302 g/mol. The van der Waals surface area contributed by atoms with Crippen LogP contribution in [0.1, 0.15) is 24.9 Å². The maximum absolute atomic E-state index is 13.5. The molecule has 0 aliphatic carbocycles. The number of carbonyl (C=O) groups is 1. The molecule has 7 heteroatoms. The summed E-state index contributed by atoms with van der Waals surface area (Å²) in [5.74, 6) is -1.07. The lowest BCUT2D eigenvalue weighted by Gasteiger charge is -2.18. The lowest BCUT2D eigenvalue weighted by molar-refractivity contribution is -0.123. The summed E-state index contributed by atoms with van der Waals surface area (Å²) in [7, 11) is -3.16. The molecule has 20 heavy (non-hydrogen) atoms. The van der Waals surface area contributed by atoms with Crippen LogP contribution >= 0.6 is 0 Å². The summed E-state index contributed by atoms with van der Waals surface area (Å²) < 4.78 is 35.6. The third kappa shape index (κ3) is 5.26. The highest BCUT2D eigenvalue weighted by atomic mass is 32.2. The Morgan fingerprint density at radius 2 is 2.00 bits per heavy atom. The molecule has 0 saturated heterocycles. The van der Waals surface area contributed by atoms with Crippen LogP contribution in [0.5, 0.6) is 0 Å². The lowest BCUT2D eigenvalue weighted by Crippen LogP contribution is -2.42. The number of amides is 1. The predicted molar refractivity (Wildman–Crippen MR) is 75.3 cm³/mol. The standard InChI is InChI=1S/C13H19FN2O3S/c1-9(10-5-3-4-6-11(10)14)16-13(17)12(15)7-8-20(2,18)19/h3-6,9,12H,7-8,15H2,1-2H3,(H,16,17). The Kier molecular flexibility index (Phi) is 5.64. The van der Waals surface area contributed by atoms with E-state index in [1.165, 1.54) is 6.07 Å². The van der Waals surface area contributed by atoms with Crippen molar-refractivity contribution in [2.45, 2.75) is 25.4 Å². The molecule has 1 aromatic rings. The van der Waals surface area contributed by atoms with Crippen LogP contribution in [-0.4, -0.2) is 32.4 Å². The zero-order valence-electron chi connectivity index (χ0n) is 11.5. The molecule has 0 aliphatic heterocycles. The molecule has 2 unspecified atom stereocenters. The summed E-state index contributed by atoms with van der Waals surface area (Å²) in [4.78, 5) is 11.8. The van der Waals surface area contributed by atoms with Crippen molar-refractivity contribution in [2.24, 2.45) is 5.73 Å². The van der Waals surface area contributed by atoms with E-state index in [2.05, 4.69) is 5.32 Å². The molecule has 2 atom stereocenters. The van der Waals surface area contributed by atoms with Crippen LogP contribution < -0.4 is 11.1 Å². The average Bonchev–Trinajstić information content (AvgIpc) is 2.35. The number of carbonyl (C=O) groups excluding carboxylic acids is 1. The van der Waals surface area contributed by atoms with E-state index in [9.17, 15) is 17.6 Å². The quantitative estimate of drug-likeness (QED) is 0.812. The summed E-state index contributed by atoms with van der Waals surface area (Å²) in [6.07, 6.45) is 1.12. The Labute approximate surface area is 118 Å². The highest BCUT2D eigenvalue weighted by Gasteiger charge is 2.19. The van der Waals surface area contributed by atoms with E-state index in [1.807, 2.05) is 0 Å².